The van der Waals surface area contributed by atoms with E-state index in [9.17, 15) is 0 Å². The zero-order valence-electron chi connectivity index (χ0n) is 10.7. The van der Waals surface area contributed by atoms with Gasteiger partial charge in [-0.05, 0) is 33.2 Å². The van der Waals surface area contributed by atoms with E-state index in [1.54, 1.807) is 6.20 Å². The van der Waals surface area contributed by atoms with Crippen LogP contribution in [0.3, 0.4) is 0 Å². The van der Waals surface area contributed by atoms with Crippen molar-refractivity contribution < 1.29 is 0 Å². The van der Waals surface area contributed by atoms with E-state index < -0.39 is 0 Å². The molecule has 0 spiro atoms. The lowest BCUT2D eigenvalue weighted by Gasteiger charge is -2.28. The van der Waals surface area contributed by atoms with E-state index in [0.29, 0.717) is 12.1 Å². The molecule has 1 aliphatic rings. The summed E-state index contributed by atoms with van der Waals surface area (Å²) in [5.41, 5.74) is 0.807. The van der Waals surface area contributed by atoms with Crippen molar-refractivity contribution in [1.82, 2.24) is 24.9 Å². The molecule has 3 rings (SSSR count). The first-order chi connectivity index (χ1) is 8.74. The van der Waals surface area contributed by atoms with Gasteiger partial charge < -0.3 is 10.6 Å². The van der Waals surface area contributed by atoms with Gasteiger partial charge in [0.15, 0.2) is 5.82 Å². The summed E-state index contributed by atoms with van der Waals surface area (Å²) in [6, 6.07) is 1.01. The Balaban J connectivity index is 1.86. The smallest absolute Gasteiger partial charge is 0.203 e. The molecule has 2 aromatic heterocycles. The lowest BCUT2D eigenvalue weighted by molar-refractivity contribution is 0.396. The van der Waals surface area contributed by atoms with E-state index >= 15 is 0 Å². The third-order valence-electron chi connectivity index (χ3n) is 3.46. The second-order valence-corrected chi connectivity index (χ2v) is 4.94. The van der Waals surface area contributed by atoms with Gasteiger partial charge in [0.05, 0.1) is 0 Å². The highest BCUT2D eigenvalue weighted by atomic mass is 15.3. The van der Waals surface area contributed by atoms with Gasteiger partial charge in [0, 0.05) is 24.5 Å². The monoisotopic (exact) mass is 246 g/mol. The molecule has 6 nitrogen and oxygen atoms in total. The zero-order valence-corrected chi connectivity index (χ0v) is 10.7. The number of nitrogens with zero attached hydrogens (tertiary/aromatic N) is 4. The molecule has 2 atom stereocenters. The minimum Gasteiger partial charge on any atom is -0.364 e. The first-order valence-electron chi connectivity index (χ1n) is 6.40. The molecule has 1 saturated heterocycles. The molecule has 0 radical (unpaired) electrons. The summed E-state index contributed by atoms with van der Waals surface area (Å²) in [6.07, 6.45) is 5.90. The van der Waals surface area contributed by atoms with Crippen molar-refractivity contribution >= 4 is 11.5 Å². The quantitative estimate of drug-likeness (QED) is 0.827. The van der Waals surface area contributed by atoms with Crippen LogP contribution in [-0.2, 0) is 0 Å². The largest absolute Gasteiger partial charge is 0.364 e. The Morgan fingerprint density at radius 2 is 2.33 bits per heavy atom. The maximum atomic E-state index is 4.38. The van der Waals surface area contributed by atoms with E-state index in [2.05, 4.69) is 32.7 Å². The zero-order chi connectivity index (χ0) is 12.5. The number of fused-ring (bicyclic) bond motifs is 1. The number of hydrogen-bond acceptors (Lipinski definition) is 5. The van der Waals surface area contributed by atoms with Gasteiger partial charge in [-0.25, -0.2) is 4.98 Å². The van der Waals surface area contributed by atoms with Crippen LogP contribution in [0.1, 0.15) is 25.6 Å². The van der Waals surface area contributed by atoms with Crippen LogP contribution < -0.4 is 10.6 Å². The normalized spacial score (nSPS) is 24.3. The number of hydrogen-bond donors (Lipinski definition) is 2. The Morgan fingerprint density at radius 3 is 3.17 bits per heavy atom. The summed E-state index contributed by atoms with van der Waals surface area (Å²) >= 11 is 0. The van der Waals surface area contributed by atoms with Crippen LogP contribution in [0.25, 0.3) is 5.65 Å². The first kappa shape index (κ1) is 11.4. The Morgan fingerprint density at radius 1 is 1.44 bits per heavy atom. The lowest BCUT2D eigenvalue weighted by Crippen LogP contribution is -2.41. The van der Waals surface area contributed by atoms with Crippen molar-refractivity contribution in [2.24, 2.45) is 0 Å². The molecular weight excluding hydrogens is 228 g/mol. The Kier molecular flexibility index (Phi) is 2.87. The first-order valence-corrected chi connectivity index (χ1v) is 6.40. The van der Waals surface area contributed by atoms with Crippen LogP contribution in [0.5, 0.6) is 0 Å². The van der Waals surface area contributed by atoms with E-state index in [1.165, 1.54) is 0 Å². The van der Waals surface area contributed by atoms with Crippen LogP contribution in [0.15, 0.2) is 12.4 Å². The second kappa shape index (κ2) is 4.53. The van der Waals surface area contributed by atoms with Crippen molar-refractivity contribution in [2.75, 3.05) is 11.9 Å². The molecule has 2 unspecified atom stereocenters. The molecule has 1 fully saturated rings. The van der Waals surface area contributed by atoms with Crippen molar-refractivity contribution in [2.45, 2.75) is 38.8 Å². The Bertz CT molecular complexity index is 548. The molecule has 96 valence electrons. The van der Waals surface area contributed by atoms with E-state index in [4.69, 9.17) is 0 Å². The number of rotatable bonds is 2. The minimum atomic E-state index is 0.456. The lowest BCUT2D eigenvalue weighted by atomic mass is 10.0. The summed E-state index contributed by atoms with van der Waals surface area (Å²) in [5, 5.41) is 15.2. The fourth-order valence-electron chi connectivity index (χ4n) is 2.50. The standard InChI is InChI=1S/C12H18N6/c1-8-7-10(3-4-13-8)15-11-12-17-16-9(2)18(12)6-5-14-11/h5-6,8,10,13H,3-4,7H2,1-2H3,(H,14,15). The van der Waals surface area contributed by atoms with Gasteiger partial charge in [0.25, 0.3) is 0 Å². The van der Waals surface area contributed by atoms with Crippen LogP contribution >= 0.6 is 0 Å². The van der Waals surface area contributed by atoms with E-state index in [1.807, 2.05) is 17.5 Å². The molecule has 2 aromatic rings. The highest BCUT2D eigenvalue weighted by Gasteiger charge is 2.19. The second-order valence-electron chi connectivity index (χ2n) is 4.94. The number of piperidine rings is 1. The molecular formula is C12H18N6. The molecule has 18 heavy (non-hydrogen) atoms. The average molecular weight is 246 g/mol. The summed E-state index contributed by atoms with van der Waals surface area (Å²) in [4.78, 5) is 4.38. The van der Waals surface area contributed by atoms with Crippen molar-refractivity contribution in [1.29, 1.82) is 0 Å². The summed E-state index contributed by atoms with van der Waals surface area (Å²) in [5.74, 6) is 1.71. The van der Waals surface area contributed by atoms with Crippen molar-refractivity contribution in [3.05, 3.63) is 18.2 Å². The number of nitrogens with one attached hydrogen (secondary N) is 2. The van der Waals surface area contributed by atoms with Gasteiger partial charge in [0.1, 0.15) is 5.82 Å². The van der Waals surface area contributed by atoms with E-state index in [-0.39, 0.29) is 0 Å². The topological polar surface area (TPSA) is 67.1 Å². The number of aromatic nitrogens is 4. The van der Waals surface area contributed by atoms with Crippen molar-refractivity contribution in [3.63, 3.8) is 0 Å². The molecule has 0 aliphatic carbocycles. The number of aryl methyl sites for hydroxylation is 1. The van der Waals surface area contributed by atoms with Crippen molar-refractivity contribution in [3.8, 4) is 0 Å². The maximum absolute atomic E-state index is 4.38. The van der Waals surface area contributed by atoms with Gasteiger partial charge in [-0.1, -0.05) is 0 Å². The average Bonchev–Trinajstić information content (AvgIpc) is 2.73. The van der Waals surface area contributed by atoms with Gasteiger partial charge in [-0.3, -0.25) is 4.40 Å². The van der Waals surface area contributed by atoms with E-state index in [0.717, 1.165) is 36.7 Å². The minimum absolute atomic E-state index is 0.456. The Hall–Kier alpha value is -1.69. The number of anilines is 1. The predicted octanol–water partition coefficient (Wildman–Crippen LogP) is 0.985. The summed E-state index contributed by atoms with van der Waals surface area (Å²) in [6.45, 7) is 5.20. The maximum Gasteiger partial charge on any atom is 0.203 e. The molecule has 0 bridgehead atoms. The molecule has 1 aliphatic heterocycles. The molecule has 0 amide bonds. The van der Waals surface area contributed by atoms with Gasteiger partial charge in [0.2, 0.25) is 5.65 Å². The van der Waals surface area contributed by atoms with Crippen LogP contribution in [0.2, 0.25) is 0 Å². The molecule has 6 heteroatoms. The predicted molar refractivity (Wildman–Crippen MR) is 69.6 cm³/mol. The molecule has 3 heterocycles. The third-order valence-corrected chi connectivity index (χ3v) is 3.46. The van der Waals surface area contributed by atoms with Crippen LogP contribution in [-0.4, -0.2) is 38.2 Å². The summed E-state index contributed by atoms with van der Waals surface area (Å²) in [7, 11) is 0. The highest BCUT2D eigenvalue weighted by Crippen LogP contribution is 2.17. The van der Waals surface area contributed by atoms with Gasteiger partial charge in [-0.2, -0.15) is 0 Å². The molecule has 0 aromatic carbocycles. The fourth-order valence-corrected chi connectivity index (χ4v) is 2.50. The van der Waals surface area contributed by atoms with Gasteiger partial charge in [-0.15, -0.1) is 10.2 Å². The van der Waals surface area contributed by atoms with Crippen LogP contribution in [0.4, 0.5) is 5.82 Å². The van der Waals surface area contributed by atoms with Gasteiger partial charge >= 0.3 is 0 Å². The molecule has 2 N–H and O–H groups in total. The third kappa shape index (κ3) is 2.03. The molecule has 0 saturated carbocycles. The highest BCUT2D eigenvalue weighted by molar-refractivity contribution is 5.62. The Labute approximate surface area is 106 Å². The summed E-state index contributed by atoms with van der Waals surface area (Å²) < 4.78 is 1.96. The SMILES string of the molecule is Cc1nnc2c(NC3CCNC(C)C3)nccn12. The fraction of sp³-hybridized carbons (Fsp3) is 0.583. The van der Waals surface area contributed by atoms with Crippen LogP contribution in [0, 0.1) is 6.92 Å².